The van der Waals surface area contributed by atoms with Crippen molar-refractivity contribution >= 4 is 0 Å². The highest BCUT2D eigenvalue weighted by atomic mass is 19.1. The molecule has 1 aromatic rings. The molecule has 1 nitrogen and oxygen atoms in total. The first-order valence-corrected chi connectivity index (χ1v) is 6.54. The fourth-order valence-corrected chi connectivity index (χ4v) is 2.87. The summed E-state index contributed by atoms with van der Waals surface area (Å²) < 4.78 is 28.7. The van der Waals surface area contributed by atoms with E-state index in [1.54, 1.807) is 0 Å². The standard InChI is InChI=1S/C15H21F2N/c1-15(2,3)13-11(16)8-10-9(14(13)17)6-5-7-12(10)18-4/h8,12,18H,5-7H2,1-4H3. The average Bonchev–Trinajstić information content (AvgIpc) is 2.26. The maximum atomic E-state index is 14.6. The van der Waals surface area contributed by atoms with Crippen molar-refractivity contribution in [3.05, 3.63) is 34.4 Å². The Hall–Kier alpha value is -0.960. The maximum absolute atomic E-state index is 14.6. The summed E-state index contributed by atoms with van der Waals surface area (Å²) in [4.78, 5) is 0. The van der Waals surface area contributed by atoms with Crippen LogP contribution < -0.4 is 5.32 Å². The zero-order valence-corrected chi connectivity index (χ0v) is 11.5. The number of rotatable bonds is 1. The predicted octanol–water partition coefficient (Wildman–Crippen LogP) is 3.86. The van der Waals surface area contributed by atoms with Gasteiger partial charge >= 0.3 is 0 Å². The molecule has 0 amide bonds. The van der Waals surface area contributed by atoms with Crippen LogP contribution in [0.3, 0.4) is 0 Å². The first-order chi connectivity index (χ1) is 8.36. The average molecular weight is 253 g/mol. The molecule has 1 aliphatic carbocycles. The van der Waals surface area contributed by atoms with E-state index in [0.717, 1.165) is 18.4 Å². The topological polar surface area (TPSA) is 12.0 Å². The molecule has 0 radical (unpaired) electrons. The van der Waals surface area contributed by atoms with Crippen LogP contribution in [0.2, 0.25) is 0 Å². The van der Waals surface area contributed by atoms with E-state index in [2.05, 4.69) is 5.32 Å². The molecular weight excluding hydrogens is 232 g/mol. The van der Waals surface area contributed by atoms with Crippen LogP contribution in [0.15, 0.2) is 6.07 Å². The highest BCUT2D eigenvalue weighted by Crippen LogP contribution is 2.37. The van der Waals surface area contributed by atoms with Crippen LogP contribution in [0.25, 0.3) is 0 Å². The number of fused-ring (bicyclic) bond motifs is 1. The first-order valence-electron chi connectivity index (χ1n) is 6.54. The third-order valence-corrected chi connectivity index (χ3v) is 3.75. The lowest BCUT2D eigenvalue weighted by Gasteiger charge is -2.29. The molecule has 1 aromatic carbocycles. The van der Waals surface area contributed by atoms with Gasteiger partial charge in [0, 0.05) is 11.6 Å². The minimum atomic E-state index is -0.504. The van der Waals surface area contributed by atoms with Gasteiger partial charge in [0.05, 0.1) is 0 Å². The number of nitrogens with one attached hydrogen (secondary N) is 1. The Morgan fingerprint density at radius 2 is 1.94 bits per heavy atom. The van der Waals surface area contributed by atoms with Crippen molar-refractivity contribution in [3.63, 3.8) is 0 Å². The van der Waals surface area contributed by atoms with E-state index in [0.29, 0.717) is 12.0 Å². The van der Waals surface area contributed by atoms with Gasteiger partial charge in [0.1, 0.15) is 11.6 Å². The van der Waals surface area contributed by atoms with Crippen molar-refractivity contribution in [2.45, 2.75) is 51.5 Å². The third kappa shape index (κ3) is 2.16. The van der Waals surface area contributed by atoms with Gasteiger partial charge in [-0.05, 0) is 48.9 Å². The van der Waals surface area contributed by atoms with Crippen LogP contribution in [-0.4, -0.2) is 7.05 Å². The van der Waals surface area contributed by atoms with Crippen molar-refractivity contribution in [3.8, 4) is 0 Å². The molecule has 0 aliphatic heterocycles. The first kappa shape index (κ1) is 13.5. The number of hydrogen-bond acceptors (Lipinski definition) is 1. The van der Waals surface area contributed by atoms with E-state index >= 15 is 0 Å². The Kier molecular flexibility index (Phi) is 3.45. The zero-order valence-electron chi connectivity index (χ0n) is 11.5. The number of benzene rings is 1. The third-order valence-electron chi connectivity index (χ3n) is 3.75. The predicted molar refractivity (Wildman–Crippen MR) is 69.8 cm³/mol. The Morgan fingerprint density at radius 1 is 1.28 bits per heavy atom. The summed E-state index contributed by atoms with van der Waals surface area (Å²) in [6, 6.07) is 1.60. The summed E-state index contributed by atoms with van der Waals surface area (Å²) in [6.45, 7) is 5.54. The van der Waals surface area contributed by atoms with Crippen LogP contribution >= 0.6 is 0 Å². The van der Waals surface area contributed by atoms with Crippen LogP contribution in [0.5, 0.6) is 0 Å². The van der Waals surface area contributed by atoms with Gasteiger partial charge in [0.15, 0.2) is 0 Å². The minimum absolute atomic E-state index is 0.0757. The molecule has 3 heteroatoms. The molecule has 2 rings (SSSR count). The molecule has 1 atom stereocenters. The van der Waals surface area contributed by atoms with E-state index in [-0.39, 0.29) is 17.4 Å². The van der Waals surface area contributed by atoms with Crippen LogP contribution in [0.1, 0.15) is 56.3 Å². The van der Waals surface area contributed by atoms with E-state index in [1.165, 1.54) is 6.07 Å². The maximum Gasteiger partial charge on any atom is 0.133 e. The minimum Gasteiger partial charge on any atom is -0.313 e. The lowest BCUT2D eigenvalue weighted by Crippen LogP contribution is -2.25. The number of halogens is 2. The summed E-state index contributed by atoms with van der Waals surface area (Å²) >= 11 is 0. The smallest absolute Gasteiger partial charge is 0.133 e. The second-order valence-electron chi connectivity index (χ2n) is 6.10. The van der Waals surface area contributed by atoms with Crippen molar-refractivity contribution in [2.24, 2.45) is 0 Å². The molecule has 0 heterocycles. The molecule has 0 bridgehead atoms. The van der Waals surface area contributed by atoms with Crippen molar-refractivity contribution in [1.82, 2.24) is 5.32 Å². The van der Waals surface area contributed by atoms with Crippen molar-refractivity contribution < 1.29 is 8.78 Å². The van der Waals surface area contributed by atoms with Gasteiger partial charge in [-0.2, -0.15) is 0 Å². The Balaban J connectivity index is 2.63. The summed E-state index contributed by atoms with van der Waals surface area (Å²) in [5, 5.41) is 3.14. The zero-order chi connectivity index (χ0) is 13.5. The highest BCUT2D eigenvalue weighted by Gasteiger charge is 2.30. The lowest BCUT2D eigenvalue weighted by atomic mass is 9.79. The molecule has 100 valence electrons. The van der Waals surface area contributed by atoms with Gasteiger partial charge < -0.3 is 5.32 Å². The molecule has 0 fully saturated rings. The summed E-state index contributed by atoms with van der Waals surface area (Å²) in [5.74, 6) is -0.752. The number of hydrogen-bond donors (Lipinski definition) is 1. The normalized spacial score (nSPS) is 19.8. The van der Waals surface area contributed by atoms with Crippen LogP contribution in [0, 0.1) is 11.6 Å². The molecule has 0 aromatic heterocycles. The van der Waals surface area contributed by atoms with E-state index < -0.39 is 11.2 Å². The van der Waals surface area contributed by atoms with Gasteiger partial charge in [-0.25, -0.2) is 8.78 Å². The fraction of sp³-hybridized carbons (Fsp3) is 0.600. The van der Waals surface area contributed by atoms with Crippen molar-refractivity contribution in [1.29, 1.82) is 0 Å². The Morgan fingerprint density at radius 3 is 2.50 bits per heavy atom. The van der Waals surface area contributed by atoms with Crippen LogP contribution in [-0.2, 0) is 11.8 Å². The second kappa shape index (κ2) is 4.61. The van der Waals surface area contributed by atoms with E-state index in [1.807, 2.05) is 27.8 Å². The highest BCUT2D eigenvalue weighted by molar-refractivity contribution is 5.41. The molecule has 1 unspecified atom stereocenters. The van der Waals surface area contributed by atoms with Gasteiger partial charge in [-0.15, -0.1) is 0 Å². The molecule has 18 heavy (non-hydrogen) atoms. The van der Waals surface area contributed by atoms with Crippen LogP contribution in [0.4, 0.5) is 8.78 Å². The molecule has 0 saturated heterocycles. The Bertz CT molecular complexity index is 461. The van der Waals surface area contributed by atoms with Gasteiger partial charge in [-0.3, -0.25) is 0 Å². The SMILES string of the molecule is CNC1CCCc2c1cc(F)c(C(C)(C)C)c2F. The lowest BCUT2D eigenvalue weighted by molar-refractivity contribution is 0.438. The quantitative estimate of drug-likeness (QED) is 0.801. The van der Waals surface area contributed by atoms with Gasteiger partial charge in [0.2, 0.25) is 0 Å². The van der Waals surface area contributed by atoms with Gasteiger partial charge in [-0.1, -0.05) is 20.8 Å². The summed E-state index contributed by atoms with van der Waals surface area (Å²) in [5.41, 5.74) is 1.21. The van der Waals surface area contributed by atoms with E-state index in [9.17, 15) is 8.78 Å². The molecule has 0 saturated carbocycles. The summed E-state index contributed by atoms with van der Waals surface area (Å²) in [7, 11) is 1.84. The molecule has 1 N–H and O–H groups in total. The van der Waals surface area contributed by atoms with Gasteiger partial charge in [0.25, 0.3) is 0 Å². The largest absolute Gasteiger partial charge is 0.313 e. The van der Waals surface area contributed by atoms with E-state index in [4.69, 9.17) is 0 Å². The second-order valence-corrected chi connectivity index (χ2v) is 6.10. The molecule has 0 spiro atoms. The summed E-state index contributed by atoms with van der Waals surface area (Å²) in [6.07, 6.45) is 2.60. The fourth-order valence-electron chi connectivity index (χ4n) is 2.87. The molecule has 1 aliphatic rings. The molecular formula is C15H21F2N. The monoisotopic (exact) mass is 253 g/mol. The Labute approximate surface area is 108 Å². The van der Waals surface area contributed by atoms with Crippen molar-refractivity contribution in [2.75, 3.05) is 7.05 Å².